The molecule has 234 valence electrons. The number of rotatable bonds is 11. The minimum atomic E-state index is -2.00. The number of aliphatic hydroxyl groups is 1. The zero-order valence-corrected chi connectivity index (χ0v) is 24.9. The zero-order chi connectivity index (χ0) is 32.0. The summed E-state index contributed by atoms with van der Waals surface area (Å²) in [5, 5.41) is 33.4. The topological polar surface area (TPSA) is 170 Å². The third kappa shape index (κ3) is 7.51. The van der Waals surface area contributed by atoms with E-state index in [1.807, 2.05) is 12.1 Å². The Morgan fingerprint density at radius 1 is 1.24 bits per heavy atom. The third-order valence-electron chi connectivity index (χ3n) is 7.51. The van der Waals surface area contributed by atoms with E-state index in [4.69, 9.17) is 4.74 Å². The second-order valence-electron chi connectivity index (χ2n) is 11.0. The maximum atomic E-state index is 16.4. The van der Waals surface area contributed by atoms with Crippen molar-refractivity contribution in [1.82, 2.24) is 30.2 Å². The van der Waals surface area contributed by atoms with Crippen LogP contribution < -0.4 is 20.9 Å². The standard InChI is InChI=1S/C31H34FN9O4/c1-20(42)35-17-25-18-40(10-11-45-25)27-8-5-23(16-36-27)37-19-31(2,44)29(32)28(39-30(43)22-4-3-9-34-15-22)26-7-6-24-12-21(13-33)14-38-41(24)26/h3-9,12,14-16,25,28-29,37,44H,10-11,17-19H2,1-2H3,(H,35,42)(H,39,43)/t25-,28?,29+,31?/m0/s1. The molecule has 4 N–H and O–H groups in total. The molecule has 4 aromatic heterocycles. The highest BCUT2D eigenvalue weighted by Crippen LogP contribution is 2.30. The minimum absolute atomic E-state index is 0.120. The molecule has 0 bridgehead atoms. The van der Waals surface area contributed by atoms with Gasteiger partial charge in [0, 0.05) is 45.5 Å². The van der Waals surface area contributed by atoms with E-state index < -0.39 is 23.7 Å². The van der Waals surface area contributed by atoms with Crippen molar-refractivity contribution >= 4 is 28.8 Å². The molecule has 4 atom stereocenters. The molecule has 0 aromatic carbocycles. The largest absolute Gasteiger partial charge is 0.385 e. The number of nitrogens with one attached hydrogen (secondary N) is 3. The maximum absolute atomic E-state index is 16.4. The van der Waals surface area contributed by atoms with E-state index in [1.165, 1.54) is 37.0 Å². The van der Waals surface area contributed by atoms with Gasteiger partial charge in [-0.25, -0.2) is 13.9 Å². The Hall–Kier alpha value is -5.13. The smallest absolute Gasteiger partial charge is 0.253 e. The van der Waals surface area contributed by atoms with Crippen LogP contribution in [0.2, 0.25) is 0 Å². The van der Waals surface area contributed by atoms with Crippen molar-refractivity contribution in [3.63, 3.8) is 0 Å². The van der Waals surface area contributed by atoms with Crippen LogP contribution in [0, 0.1) is 11.3 Å². The number of nitriles is 1. The van der Waals surface area contributed by atoms with Gasteiger partial charge in [-0.1, -0.05) is 0 Å². The van der Waals surface area contributed by atoms with E-state index in [9.17, 15) is 20.0 Å². The molecule has 5 heterocycles. The fraction of sp³-hybridized carbons (Fsp3) is 0.355. The SMILES string of the molecule is CC(=O)NC[C@H]1CN(c2ccc(NCC(C)(O)[C@H](F)C(NC(=O)c3cccnc3)c3ccc4cc(C#N)cnn34)cn2)CCO1. The molecule has 2 amide bonds. The third-order valence-corrected chi connectivity index (χ3v) is 7.51. The molecule has 0 saturated carbocycles. The number of fused-ring (bicyclic) bond motifs is 1. The van der Waals surface area contributed by atoms with Gasteiger partial charge in [-0.3, -0.25) is 14.6 Å². The summed E-state index contributed by atoms with van der Waals surface area (Å²) in [6.07, 6.45) is 3.67. The molecule has 14 heteroatoms. The molecule has 1 saturated heterocycles. The molecule has 1 aliphatic rings. The van der Waals surface area contributed by atoms with Crippen LogP contribution in [-0.2, 0) is 9.53 Å². The van der Waals surface area contributed by atoms with Crippen LogP contribution >= 0.6 is 0 Å². The summed E-state index contributed by atoms with van der Waals surface area (Å²) in [6, 6.07) is 12.3. The summed E-state index contributed by atoms with van der Waals surface area (Å²) >= 11 is 0. The molecule has 45 heavy (non-hydrogen) atoms. The lowest BCUT2D eigenvalue weighted by Gasteiger charge is -2.34. The van der Waals surface area contributed by atoms with Crippen LogP contribution in [0.5, 0.6) is 0 Å². The summed E-state index contributed by atoms with van der Waals surface area (Å²) in [7, 11) is 0. The number of hydrogen-bond acceptors (Lipinski definition) is 10. The Morgan fingerprint density at radius 3 is 2.80 bits per heavy atom. The molecular weight excluding hydrogens is 581 g/mol. The Kier molecular flexibility index (Phi) is 9.50. The molecule has 13 nitrogen and oxygen atoms in total. The van der Waals surface area contributed by atoms with Gasteiger partial charge in [-0.05, 0) is 49.4 Å². The first-order valence-electron chi connectivity index (χ1n) is 14.4. The molecular formula is C31H34FN9O4. The van der Waals surface area contributed by atoms with Gasteiger partial charge in [0.25, 0.3) is 5.91 Å². The van der Waals surface area contributed by atoms with Crippen molar-refractivity contribution in [3.8, 4) is 6.07 Å². The number of alkyl halides is 1. The van der Waals surface area contributed by atoms with Crippen LogP contribution in [-0.4, -0.2) is 87.2 Å². The number of carbonyl (C=O) groups excluding carboxylic acids is 2. The second kappa shape index (κ2) is 13.7. The van der Waals surface area contributed by atoms with Crippen molar-refractivity contribution in [1.29, 1.82) is 5.26 Å². The summed E-state index contributed by atoms with van der Waals surface area (Å²) < 4.78 is 23.6. The van der Waals surface area contributed by atoms with E-state index in [2.05, 4.69) is 35.9 Å². The molecule has 0 radical (unpaired) electrons. The number of amides is 2. The van der Waals surface area contributed by atoms with Crippen LogP contribution in [0.25, 0.3) is 5.52 Å². The van der Waals surface area contributed by atoms with E-state index in [1.54, 1.807) is 42.6 Å². The van der Waals surface area contributed by atoms with Crippen molar-refractivity contribution in [2.75, 3.05) is 43.0 Å². The van der Waals surface area contributed by atoms with Crippen molar-refractivity contribution in [2.24, 2.45) is 0 Å². The first-order valence-corrected chi connectivity index (χ1v) is 14.4. The zero-order valence-electron chi connectivity index (χ0n) is 24.9. The quantitative estimate of drug-likeness (QED) is 0.196. The van der Waals surface area contributed by atoms with E-state index in [-0.39, 0.29) is 29.8 Å². The monoisotopic (exact) mass is 615 g/mol. The fourth-order valence-corrected chi connectivity index (χ4v) is 5.06. The first kappa shape index (κ1) is 31.3. The lowest BCUT2D eigenvalue weighted by Crippen LogP contribution is -2.50. The number of carbonyl (C=O) groups is 2. The highest BCUT2D eigenvalue weighted by atomic mass is 19.1. The van der Waals surface area contributed by atoms with Crippen molar-refractivity contribution < 1.29 is 23.8 Å². The number of hydrogen-bond donors (Lipinski definition) is 4. The summed E-state index contributed by atoms with van der Waals surface area (Å²) in [4.78, 5) is 34.9. The summed E-state index contributed by atoms with van der Waals surface area (Å²) in [6.45, 7) is 4.70. The number of anilines is 2. The minimum Gasteiger partial charge on any atom is -0.385 e. The maximum Gasteiger partial charge on any atom is 0.253 e. The Balaban J connectivity index is 1.30. The highest BCUT2D eigenvalue weighted by molar-refractivity contribution is 5.94. The van der Waals surface area contributed by atoms with E-state index in [0.29, 0.717) is 43.0 Å². The number of pyridine rings is 2. The number of aromatic nitrogens is 4. The predicted octanol–water partition coefficient (Wildman–Crippen LogP) is 2.01. The van der Waals surface area contributed by atoms with Gasteiger partial charge < -0.3 is 30.7 Å². The number of morpholine rings is 1. The molecule has 2 unspecified atom stereocenters. The van der Waals surface area contributed by atoms with Gasteiger partial charge >= 0.3 is 0 Å². The van der Waals surface area contributed by atoms with Gasteiger partial charge in [0.2, 0.25) is 5.91 Å². The molecule has 4 aromatic rings. The normalized spacial score (nSPS) is 17.5. The number of nitrogens with zero attached hydrogens (tertiary/aromatic N) is 6. The summed E-state index contributed by atoms with van der Waals surface area (Å²) in [5.41, 5.74) is -0.0434. The Bertz CT molecular complexity index is 1670. The molecule has 1 fully saturated rings. The lowest BCUT2D eigenvalue weighted by atomic mass is 9.92. The van der Waals surface area contributed by atoms with Gasteiger partial charge in [0.05, 0.1) is 53.1 Å². The van der Waals surface area contributed by atoms with Crippen LogP contribution in [0.3, 0.4) is 0 Å². The van der Waals surface area contributed by atoms with Crippen molar-refractivity contribution in [3.05, 3.63) is 84.1 Å². The average molecular weight is 616 g/mol. The molecule has 5 rings (SSSR count). The van der Waals surface area contributed by atoms with Crippen molar-refractivity contribution in [2.45, 2.75) is 37.8 Å². The Labute approximate surface area is 259 Å². The average Bonchev–Trinajstić information content (AvgIpc) is 3.48. The number of ether oxygens (including phenoxy) is 1. The second-order valence-corrected chi connectivity index (χ2v) is 11.0. The fourth-order valence-electron chi connectivity index (χ4n) is 5.06. The van der Waals surface area contributed by atoms with Gasteiger partial charge in [-0.2, -0.15) is 10.4 Å². The summed E-state index contributed by atoms with van der Waals surface area (Å²) in [5.74, 6) is 0.0214. The highest BCUT2D eigenvalue weighted by Gasteiger charge is 2.41. The van der Waals surface area contributed by atoms with Gasteiger partial charge in [0.1, 0.15) is 23.5 Å². The molecule has 0 spiro atoms. The number of halogens is 1. The molecule has 0 aliphatic carbocycles. The Morgan fingerprint density at radius 2 is 2.09 bits per heavy atom. The van der Waals surface area contributed by atoms with Crippen LogP contribution in [0.15, 0.2) is 67.3 Å². The van der Waals surface area contributed by atoms with Crippen LogP contribution in [0.4, 0.5) is 15.9 Å². The predicted molar refractivity (Wildman–Crippen MR) is 163 cm³/mol. The van der Waals surface area contributed by atoms with E-state index in [0.717, 1.165) is 5.82 Å². The van der Waals surface area contributed by atoms with E-state index >= 15 is 4.39 Å². The van der Waals surface area contributed by atoms with Gasteiger partial charge in [-0.15, -0.1) is 0 Å². The van der Waals surface area contributed by atoms with Crippen LogP contribution in [0.1, 0.15) is 41.5 Å². The van der Waals surface area contributed by atoms with Gasteiger partial charge in [0.15, 0.2) is 6.17 Å². The first-order chi connectivity index (χ1) is 21.6. The lowest BCUT2D eigenvalue weighted by molar-refractivity contribution is -0.119. The molecule has 1 aliphatic heterocycles.